The highest BCUT2D eigenvalue weighted by Crippen LogP contribution is 2.38. The summed E-state index contributed by atoms with van der Waals surface area (Å²) in [5, 5.41) is 0. The summed E-state index contributed by atoms with van der Waals surface area (Å²) in [6, 6.07) is 8.87. The molecular formula is C36H46AlClN4. The van der Waals surface area contributed by atoms with Crippen LogP contribution in [0.15, 0.2) is 24.3 Å². The summed E-state index contributed by atoms with van der Waals surface area (Å²) in [7, 11) is 4.56. The minimum absolute atomic E-state index is 0.113. The van der Waals surface area contributed by atoms with Gasteiger partial charge in [-0.1, -0.05) is 83.1 Å². The number of fused-ring (bicyclic) bond motifs is 8. The second-order valence-electron chi connectivity index (χ2n) is 15.5. The van der Waals surface area contributed by atoms with Crippen molar-refractivity contribution in [3.63, 3.8) is 0 Å². The lowest BCUT2D eigenvalue weighted by Crippen LogP contribution is -2.16. The summed E-state index contributed by atoms with van der Waals surface area (Å²) in [6.45, 7) is 27.2. The summed E-state index contributed by atoms with van der Waals surface area (Å²) in [6.07, 6.45) is 8.76. The predicted octanol–water partition coefficient (Wildman–Crippen LogP) is 10.2. The molecule has 6 heteroatoms. The SMILES string of the molecule is CC(C)(C)c1c2nc(c(C(C)(C)C)c3ccc([nH]3)c(C(C)(C)C)c3nc(c(C(C)(C)C)c4ccc1[nH]4)C=C3)C=C2.[Al][Cl]. The summed E-state index contributed by atoms with van der Waals surface area (Å²) >= 11 is 1.89. The van der Waals surface area contributed by atoms with Gasteiger partial charge >= 0.3 is 0 Å². The Morgan fingerprint density at radius 2 is 0.619 bits per heavy atom. The molecule has 0 aliphatic carbocycles. The van der Waals surface area contributed by atoms with E-state index in [1.165, 1.54) is 22.3 Å². The fourth-order valence-corrected chi connectivity index (χ4v) is 6.36. The van der Waals surface area contributed by atoms with Crippen LogP contribution in [0.4, 0.5) is 0 Å². The second kappa shape index (κ2) is 11.2. The Morgan fingerprint density at radius 3 is 0.786 bits per heavy atom. The van der Waals surface area contributed by atoms with Crippen LogP contribution in [0.1, 0.15) is 128 Å². The van der Waals surface area contributed by atoms with Gasteiger partial charge in [-0.25, -0.2) is 9.97 Å². The van der Waals surface area contributed by atoms with Crippen LogP contribution in [0.3, 0.4) is 0 Å². The predicted molar refractivity (Wildman–Crippen MR) is 185 cm³/mol. The van der Waals surface area contributed by atoms with E-state index in [1.807, 2.05) is 15.4 Å². The van der Waals surface area contributed by atoms with Crippen LogP contribution in [-0.4, -0.2) is 35.3 Å². The number of hydrogen-bond donors (Lipinski definition) is 2. The first-order chi connectivity index (χ1) is 19.4. The Labute approximate surface area is 264 Å². The number of hydrogen-bond acceptors (Lipinski definition) is 2. The molecule has 0 atom stereocenters. The summed E-state index contributed by atoms with van der Waals surface area (Å²) in [5.74, 6) is 0. The first-order valence-corrected chi connectivity index (χ1v) is 16.5. The molecular weight excluding hydrogens is 551 g/mol. The smallest absolute Gasteiger partial charge is 0.293 e. The molecule has 220 valence electrons. The molecule has 8 bridgehead atoms. The molecule has 0 spiro atoms. The Hall–Kier alpha value is -2.58. The van der Waals surface area contributed by atoms with Gasteiger partial charge in [-0.3, -0.25) is 10.0 Å². The van der Waals surface area contributed by atoms with Crippen LogP contribution < -0.4 is 0 Å². The molecule has 0 aromatic carbocycles. The lowest BCUT2D eigenvalue weighted by Gasteiger charge is -2.22. The van der Waals surface area contributed by atoms with E-state index in [9.17, 15) is 0 Å². The van der Waals surface area contributed by atoms with Gasteiger partial charge in [0.2, 0.25) is 0 Å². The van der Waals surface area contributed by atoms with E-state index >= 15 is 0 Å². The van der Waals surface area contributed by atoms with Crippen molar-refractivity contribution in [3.8, 4) is 0 Å². The van der Waals surface area contributed by atoms with E-state index in [0.717, 1.165) is 44.8 Å². The summed E-state index contributed by atoms with van der Waals surface area (Å²) < 4.78 is 0. The van der Waals surface area contributed by atoms with Crippen molar-refractivity contribution in [2.75, 3.05) is 0 Å². The molecule has 2 aliphatic rings. The molecule has 0 unspecified atom stereocenters. The summed E-state index contributed by atoms with van der Waals surface area (Å²) in [4.78, 5) is 18.3. The lowest BCUT2D eigenvalue weighted by molar-refractivity contribution is 0.586. The minimum atomic E-state index is -0.113. The van der Waals surface area contributed by atoms with E-state index in [0.29, 0.717) is 0 Å². The van der Waals surface area contributed by atoms with Crippen molar-refractivity contribution in [3.05, 3.63) is 69.3 Å². The molecule has 42 heavy (non-hydrogen) atoms. The number of halogens is 1. The largest absolute Gasteiger partial charge is 0.355 e. The standard InChI is InChI=1S/C36H46N4.Al.ClH/c1-33(2,3)29-21-13-15-23(37-21)30(34(4,5)6)25-17-19-27(39-25)32(36(10,11)12)28-20-18-26(40-28)31(35(7,8)9)24-16-14-22(29)38-24;;/h13-20,37,40H,1-12H3;;1H/q;+1;/p-1. The highest BCUT2D eigenvalue weighted by molar-refractivity contribution is 6.80. The number of H-pyrrole nitrogens is 2. The van der Waals surface area contributed by atoms with Gasteiger partial charge in [-0.15, -0.1) is 0 Å². The number of rotatable bonds is 0. The number of aromatic amines is 2. The normalized spacial score (nSPS) is 13.7. The first kappa shape index (κ1) is 32.3. The monoisotopic (exact) mass is 596 g/mol. The molecule has 0 saturated heterocycles. The zero-order chi connectivity index (χ0) is 31.4. The molecule has 3 aromatic heterocycles. The van der Waals surface area contributed by atoms with Gasteiger partial charge in [0, 0.05) is 44.3 Å². The zero-order valence-corrected chi connectivity index (χ0v) is 29.4. The van der Waals surface area contributed by atoms with Crippen molar-refractivity contribution in [1.29, 1.82) is 0 Å². The van der Waals surface area contributed by atoms with Crippen LogP contribution >= 0.6 is 10.0 Å². The van der Waals surface area contributed by atoms with Crippen molar-refractivity contribution >= 4 is 71.8 Å². The molecule has 2 aliphatic heterocycles. The summed E-state index contributed by atoms with van der Waals surface area (Å²) in [5.41, 5.74) is 12.9. The fraction of sp³-hybridized carbons (Fsp3) is 0.444. The zero-order valence-electron chi connectivity index (χ0n) is 27.5. The van der Waals surface area contributed by atoms with E-state index in [1.54, 1.807) is 0 Å². The van der Waals surface area contributed by atoms with Crippen molar-refractivity contribution < 1.29 is 0 Å². The maximum absolute atomic E-state index is 5.31. The molecule has 0 amide bonds. The fourth-order valence-electron chi connectivity index (χ4n) is 6.36. The molecule has 2 N–H and O–H groups in total. The number of nitrogens with zero attached hydrogens (tertiary/aromatic N) is 2. The highest BCUT2D eigenvalue weighted by atomic mass is 35.6. The van der Waals surface area contributed by atoms with Crippen molar-refractivity contribution in [2.45, 2.75) is 105 Å². The van der Waals surface area contributed by atoms with E-state index in [4.69, 9.17) is 9.97 Å². The quantitative estimate of drug-likeness (QED) is 0.175. The average molecular weight is 597 g/mol. The van der Waals surface area contributed by atoms with Crippen LogP contribution in [0.2, 0.25) is 0 Å². The molecule has 5 heterocycles. The third-order valence-electron chi connectivity index (χ3n) is 7.75. The van der Waals surface area contributed by atoms with Gasteiger partial charge in [0.05, 0.1) is 22.8 Å². The molecule has 4 nitrogen and oxygen atoms in total. The molecule has 3 aromatic rings. The van der Waals surface area contributed by atoms with E-state index in [-0.39, 0.29) is 21.7 Å². The Morgan fingerprint density at radius 1 is 0.429 bits per heavy atom. The Bertz CT molecular complexity index is 1480. The maximum atomic E-state index is 5.31. The number of aromatic nitrogens is 4. The van der Waals surface area contributed by atoms with Crippen molar-refractivity contribution in [2.24, 2.45) is 0 Å². The van der Waals surface area contributed by atoms with Crippen molar-refractivity contribution in [1.82, 2.24) is 19.9 Å². The highest BCUT2D eigenvalue weighted by Gasteiger charge is 2.28. The third-order valence-corrected chi connectivity index (χ3v) is 7.75. The Balaban J connectivity index is 0.00000198. The van der Waals surface area contributed by atoms with Crippen LogP contribution in [-0.2, 0) is 21.7 Å². The van der Waals surface area contributed by atoms with Gasteiger partial charge in [0.25, 0.3) is 15.4 Å². The van der Waals surface area contributed by atoms with Gasteiger partial charge in [0.15, 0.2) is 0 Å². The topological polar surface area (TPSA) is 57.4 Å². The molecule has 0 fully saturated rings. The third kappa shape index (κ3) is 6.21. The van der Waals surface area contributed by atoms with Crippen LogP contribution in [0.25, 0.3) is 46.4 Å². The van der Waals surface area contributed by atoms with Gasteiger partial charge in [-0.2, -0.15) is 0 Å². The van der Waals surface area contributed by atoms with Gasteiger partial charge in [-0.05, 0) is 70.2 Å². The number of nitrogens with one attached hydrogen (secondary N) is 2. The van der Waals surface area contributed by atoms with Gasteiger partial charge < -0.3 is 9.97 Å². The second-order valence-corrected chi connectivity index (χ2v) is 15.5. The molecule has 2 radical (unpaired) electrons. The lowest BCUT2D eigenvalue weighted by atomic mass is 9.85. The maximum Gasteiger partial charge on any atom is 0.293 e. The molecule has 5 rings (SSSR count). The minimum Gasteiger partial charge on any atom is -0.355 e. The average Bonchev–Trinajstić information content (AvgIpc) is 3.62. The Kier molecular flexibility index (Phi) is 8.60. The van der Waals surface area contributed by atoms with Crippen LogP contribution in [0, 0.1) is 0 Å². The van der Waals surface area contributed by atoms with E-state index < -0.39 is 0 Å². The van der Waals surface area contributed by atoms with E-state index in [2.05, 4.69) is 152 Å². The van der Waals surface area contributed by atoms with Gasteiger partial charge in [0.1, 0.15) is 0 Å². The first-order valence-electron chi connectivity index (χ1n) is 14.8. The van der Waals surface area contributed by atoms with Crippen LogP contribution in [0.5, 0.6) is 0 Å². The molecule has 0 saturated carbocycles.